The third-order valence-electron chi connectivity index (χ3n) is 4.01. The number of carbonyl (C=O) groups is 1. The van der Waals surface area contributed by atoms with Crippen molar-refractivity contribution in [2.75, 3.05) is 19.7 Å². The average Bonchev–Trinajstić information content (AvgIpc) is 2.61. The maximum Gasteiger partial charge on any atom is 0.255 e. The van der Waals surface area contributed by atoms with Gasteiger partial charge in [-0.05, 0) is 49.2 Å². The minimum atomic E-state index is 0.0503. The third kappa shape index (κ3) is 4.23. The van der Waals surface area contributed by atoms with Crippen molar-refractivity contribution in [1.29, 1.82) is 0 Å². The Morgan fingerprint density at radius 3 is 2.87 bits per heavy atom. The summed E-state index contributed by atoms with van der Waals surface area (Å²) in [5, 5.41) is 0.697. The highest BCUT2D eigenvalue weighted by Gasteiger charge is 2.25. The molecule has 1 aromatic carbocycles. The normalized spacial score (nSPS) is 17.8. The SMILES string of the molecule is O=C(c1cccnc1)N1CCCC(COc2ccc(Cl)cc2)C1. The number of pyridine rings is 1. The van der Waals surface area contributed by atoms with E-state index in [1.807, 2.05) is 35.2 Å². The standard InChI is InChI=1S/C18H19ClN2O2/c19-16-5-7-17(8-6-16)23-13-14-3-2-10-21(12-14)18(22)15-4-1-9-20-11-15/h1,4-9,11,14H,2-3,10,12-13H2. The molecule has 4 nitrogen and oxygen atoms in total. The van der Waals surface area contributed by atoms with Gasteiger partial charge in [-0.25, -0.2) is 0 Å². The molecule has 2 heterocycles. The molecule has 1 aliphatic heterocycles. The van der Waals surface area contributed by atoms with Crippen LogP contribution >= 0.6 is 11.6 Å². The van der Waals surface area contributed by atoms with Crippen LogP contribution < -0.4 is 4.74 Å². The number of nitrogens with zero attached hydrogens (tertiary/aromatic N) is 2. The van der Waals surface area contributed by atoms with Crippen LogP contribution in [0, 0.1) is 5.92 Å². The summed E-state index contributed by atoms with van der Waals surface area (Å²) in [6.07, 6.45) is 5.37. The molecule has 3 rings (SSSR count). The zero-order valence-corrected chi connectivity index (χ0v) is 13.6. The van der Waals surface area contributed by atoms with Gasteiger partial charge in [0.15, 0.2) is 0 Å². The Kier molecular flexibility index (Phi) is 5.13. The van der Waals surface area contributed by atoms with Crippen LogP contribution in [-0.2, 0) is 0 Å². The molecule has 0 saturated carbocycles. The van der Waals surface area contributed by atoms with E-state index in [-0.39, 0.29) is 5.91 Å². The Hall–Kier alpha value is -2.07. The van der Waals surface area contributed by atoms with Crippen LogP contribution in [0.1, 0.15) is 23.2 Å². The molecule has 0 spiro atoms. The number of halogens is 1. The van der Waals surface area contributed by atoms with Gasteiger partial charge in [0.2, 0.25) is 0 Å². The first-order valence-electron chi connectivity index (χ1n) is 7.80. The summed E-state index contributed by atoms with van der Waals surface area (Å²) in [5.74, 6) is 1.21. The third-order valence-corrected chi connectivity index (χ3v) is 4.27. The fraction of sp³-hybridized carbons (Fsp3) is 0.333. The first kappa shape index (κ1) is 15.8. The fourth-order valence-corrected chi connectivity index (χ4v) is 2.93. The van der Waals surface area contributed by atoms with Crippen molar-refractivity contribution >= 4 is 17.5 Å². The van der Waals surface area contributed by atoms with E-state index in [1.54, 1.807) is 18.5 Å². The second-order valence-electron chi connectivity index (χ2n) is 5.77. The summed E-state index contributed by atoms with van der Waals surface area (Å²) in [4.78, 5) is 18.4. The van der Waals surface area contributed by atoms with Crippen LogP contribution in [-0.4, -0.2) is 35.5 Å². The lowest BCUT2D eigenvalue weighted by Crippen LogP contribution is -2.41. The molecule has 1 saturated heterocycles. The van der Waals surface area contributed by atoms with Gasteiger partial charge < -0.3 is 9.64 Å². The first-order valence-corrected chi connectivity index (χ1v) is 8.18. The molecule has 1 atom stereocenters. The molecule has 1 fully saturated rings. The smallest absolute Gasteiger partial charge is 0.255 e. The molecule has 2 aromatic rings. The first-order chi connectivity index (χ1) is 11.2. The second-order valence-corrected chi connectivity index (χ2v) is 6.20. The van der Waals surface area contributed by atoms with Crippen molar-refractivity contribution in [3.05, 3.63) is 59.4 Å². The number of piperidine rings is 1. The molecule has 0 radical (unpaired) electrons. The van der Waals surface area contributed by atoms with Gasteiger partial charge in [0.1, 0.15) is 5.75 Å². The number of hydrogen-bond donors (Lipinski definition) is 0. The monoisotopic (exact) mass is 330 g/mol. The lowest BCUT2D eigenvalue weighted by molar-refractivity contribution is 0.0633. The maximum atomic E-state index is 12.5. The van der Waals surface area contributed by atoms with Gasteiger partial charge in [0.25, 0.3) is 5.91 Å². The van der Waals surface area contributed by atoms with Crippen LogP contribution in [0.25, 0.3) is 0 Å². The van der Waals surface area contributed by atoms with Crippen LogP contribution in [0.2, 0.25) is 5.02 Å². The molecule has 1 aliphatic rings. The summed E-state index contributed by atoms with van der Waals surface area (Å²) in [7, 11) is 0. The van der Waals surface area contributed by atoms with E-state index in [9.17, 15) is 4.79 Å². The average molecular weight is 331 g/mol. The molecule has 1 amide bonds. The zero-order valence-electron chi connectivity index (χ0n) is 12.8. The molecule has 0 bridgehead atoms. The Morgan fingerprint density at radius 2 is 2.13 bits per heavy atom. The van der Waals surface area contributed by atoms with Crippen LogP contribution in [0.3, 0.4) is 0 Å². The van der Waals surface area contributed by atoms with Gasteiger partial charge in [-0.1, -0.05) is 11.6 Å². The van der Waals surface area contributed by atoms with Gasteiger partial charge in [0.05, 0.1) is 12.2 Å². The van der Waals surface area contributed by atoms with Gasteiger partial charge in [0, 0.05) is 36.4 Å². The number of benzene rings is 1. The molecule has 23 heavy (non-hydrogen) atoms. The van der Waals surface area contributed by atoms with E-state index in [4.69, 9.17) is 16.3 Å². The molecular formula is C18H19ClN2O2. The Balaban J connectivity index is 1.56. The molecule has 0 N–H and O–H groups in total. The fourth-order valence-electron chi connectivity index (χ4n) is 2.80. The summed E-state index contributed by atoms with van der Waals surface area (Å²) in [6, 6.07) is 11.0. The highest BCUT2D eigenvalue weighted by Crippen LogP contribution is 2.21. The lowest BCUT2D eigenvalue weighted by Gasteiger charge is -2.32. The molecule has 1 unspecified atom stereocenters. The number of aromatic nitrogens is 1. The second kappa shape index (κ2) is 7.47. The molecule has 0 aliphatic carbocycles. The highest BCUT2D eigenvalue weighted by molar-refractivity contribution is 6.30. The highest BCUT2D eigenvalue weighted by atomic mass is 35.5. The van der Waals surface area contributed by atoms with Crippen molar-refractivity contribution in [3.63, 3.8) is 0 Å². The predicted octanol–water partition coefficient (Wildman–Crippen LogP) is 3.67. The quantitative estimate of drug-likeness (QED) is 0.859. The number of likely N-dealkylation sites (tertiary alicyclic amines) is 1. The summed E-state index contributed by atoms with van der Waals surface area (Å²) < 4.78 is 5.83. The van der Waals surface area contributed by atoms with Crippen molar-refractivity contribution in [3.8, 4) is 5.75 Å². The Morgan fingerprint density at radius 1 is 1.30 bits per heavy atom. The Bertz CT molecular complexity index is 646. The van der Waals surface area contributed by atoms with Crippen molar-refractivity contribution < 1.29 is 9.53 Å². The van der Waals surface area contributed by atoms with Crippen LogP contribution in [0.5, 0.6) is 5.75 Å². The van der Waals surface area contributed by atoms with E-state index in [2.05, 4.69) is 4.98 Å². The molecule has 1 aromatic heterocycles. The minimum absolute atomic E-state index is 0.0503. The van der Waals surface area contributed by atoms with Crippen molar-refractivity contribution in [2.24, 2.45) is 5.92 Å². The number of amides is 1. The van der Waals surface area contributed by atoms with Gasteiger partial charge >= 0.3 is 0 Å². The van der Waals surface area contributed by atoms with Crippen LogP contribution in [0.15, 0.2) is 48.8 Å². The van der Waals surface area contributed by atoms with Crippen LogP contribution in [0.4, 0.5) is 0 Å². The summed E-state index contributed by atoms with van der Waals surface area (Å²) in [6.45, 7) is 2.13. The summed E-state index contributed by atoms with van der Waals surface area (Å²) in [5.41, 5.74) is 0.645. The van der Waals surface area contributed by atoms with Gasteiger partial charge in [-0.15, -0.1) is 0 Å². The predicted molar refractivity (Wildman–Crippen MR) is 89.8 cm³/mol. The molecular weight excluding hydrogens is 312 g/mol. The van der Waals surface area contributed by atoms with E-state index in [0.29, 0.717) is 23.1 Å². The van der Waals surface area contributed by atoms with Gasteiger partial charge in [-0.3, -0.25) is 9.78 Å². The Labute approximate surface area is 141 Å². The van der Waals surface area contributed by atoms with Crippen molar-refractivity contribution in [2.45, 2.75) is 12.8 Å². The zero-order chi connectivity index (χ0) is 16.1. The minimum Gasteiger partial charge on any atom is -0.493 e. The lowest BCUT2D eigenvalue weighted by atomic mass is 9.98. The topological polar surface area (TPSA) is 42.4 Å². The molecule has 5 heteroatoms. The number of carbonyl (C=O) groups excluding carboxylic acids is 1. The van der Waals surface area contributed by atoms with E-state index in [1.165, 1.54) is 0 Å². The number of rotatable bonds is 4. The van der Waals surface area contributed by atoms with E-state index < -0.39 is 0 Å². The largest absolute Gasteiger partial charge is 0.493 e. The van der Waals surface area contributed by atoms with E-state index in [0.717, 1.165) is 31.7 Å². The van der Waals surface area contributed by atoms with E-state index >= 15 is 0 Å². The summed E-state index contributed by atoms with van der Waals surface area (Å²) >= 11 is 5.87. The van der Waals surface area contributed by atoms with Crippen molar-refractivity contribution in [1.82, 2.24) is 9.88 Å². The van der Waals surface area contributed by atoms with Gasteiger partial charge in [-0.2, -0.15) is 0 Å². The maximum absolute atomic E-state index is 12.5. The number of ether oxygens (including phenoxy) is 1. The number of hydrogen-bond acceptors (Lipinski definition) is 3. The molecule has 120 valence electrons.